The molecule has 1 aromatic carbocycles. The molecule has 2 atom stereocenters. The average Bonchev–Trinajstić information content (AvgIpc) is 3.16. The SMILES string of the molecule is COc1c(F)cccc1Nc1c(-c2ccncc2F)[nH]c2c1C(=O)NC[C@H]2C[C@@H](C)OC. The lowest BCUT2D eigenvalue weighted by Crippen LogP contribution is -2.36. The Morgan fingerprint density at radius 1 is 1.25 bits per heavy atom. The summed E-state index contributed by atoms with van der Waals surface area (Å²) in [7, 11) is 2.98. The van der Waals surface area contributed by atoms with Crippen molar-refractivity contribution in [1.82, 2.24) is 15.3 Å². The molecule has 0 saturated carbocycles. The normalized spacial score (nSPS) is 16.3. The van der Waals surface area contributed by atoms with Crippen LogP contribution in [0.25, 0.3) is 11.3 Å². The van der Waals surface area contributed by atoms with Crippen LogP contribution in [0.1, 0.15) is 35.3 Å². The van der Waals surface area contributed by atoms with Gasteiger partial charge in [0.05, 0.1) is 42.0 Å². The molecular weight excluding hydrogens is 418 g/mol. The minimum Gasteiger partial charge on any atom is -0.492 e. The Labute approximate surface area is 184 Å². The van der Waals surface area contributed by atoms with E-state index < -0.39 is 11.6 Å². The molecule has 168 valence electrons. The quantitative estimate of drug-likeness (QED) is 0.506. The minimum absolute atomic E-state index is 0.00984. The Hall–Kier alpha value is -3.46. The second-order valence-corrected chi connectivity index (χ2v) is 7.65. The van der Waals surface area contributed by atoms with Crippen molar-refractivity contribution < 1.29 is 23.0 Å². The van der Waals surface area contributed by atoms with E-state index in [4.69, 9.17) is 9.47 Å². The molecule has 1 amide bonds. The molecule has 0 saturated heterocycles. The fourth-order valence-corrected chi connectivity index (χ4v) is 4.02. The number of carbonyl (C=O) groups is 1. The molecule has 3 heterocycles. The minimum atomic E-state index is -0.560. The highest BCUT2D eigenvalue weighted by Crippen LogP contribution is 2.42. The summed E-state index contributed by atoms with van der Waals surface area (Å²) in [6.07, 6.45) is 3.17. The van der Waals surface area contributed by atoms with Crippen molar-refractivity contribution >= 4 is 17.3 Å². The zero-order valence-electron chi connectivity index (χ0n) is 18.0. The number of hydrogen-bond donors (Lipinski definition) is 3. The molecule has 4 rings (SSSR count). The molecule has 0 unspecified atom stereocenters. The van der Waals surface area contributed by atoms with Gasteiger partial charge in [-0.2, -0.15) is 0 Å². The third-order valence-corrected chi connectivity index (χ3v) is 5.66. The number of nitrogens with one attached hydrogen (secondary N) is 3. The molecular formula is C23H24F2N4O3. The zero-order chi connectivity index (χ0) is 22.8. The highest BCUT2D eigenvalue weighted by Gasteiger charge is 2.34. The van der Waals surface area contributed by atoms with Crippen molar-refractivity contribution in [2.24, 2.45) is 0 Å². The number of rotatable bonds is 7. The molecule has 0 bridgehead atoms. The molecule has 0 fully saturated rings. The maximum atomic E-state index is 14.7. The van der Waals surface area contributed by atoms with Crippen molar-refractivity contribution in [3.63, 3.8) is 0 Å². The lowest BCUT2D eigenvalue weighted by Gasteiger charge is -2.25. The van der Waals surface area contributed by atoms with Gasteiger partial charge < -0.3 is 25.1 Å². The number of aromatic nitrogens is 2. The Kier molecular flexibility index (Phi) is 6.09. The van der Waals surface area contributed by atoms with Gasteiger partial charge in [0, 0.05) is 37.0 Å². The maximum Gasteiger partial charge on any atom is 0.255 e. The zero-order valence-corrected chi connectivity index (χ0v) is 18.0. The predicted octanol–water partition coefficient (Wildman–Crippen LogP) is 4.36. The van der Waals surface area contributed by atoms with E-state index in [-0.39, 0.29) is 29.2 Å². The van der Waals surface area contributed by atoms with Crippen molar-refractivity contribution in [1.29, 1.82) is 0 Å². The topological polar surface area (TPSA) is 88.3 Å². The molecule has 3 N–H and O–H groups in total. The van der Waals surface area contributed by atoms with Crippen LogP contribution in [-0.2, 0) is 4.74 Å². The lowest BCUT2D eigenvalue weighted by molar-refractivity contribution is 0.0893. The first kappa shape index (κ1) is 21.8. The largest absolute Gasteiger partial charge is 0.492 e. The van der Waals surface area contributed by atoms with Gasteiger partial charge in [0.2, 0.25) is 0 Å². The summed E-state index contributed by atoms with van der Waals surface area (Å²) in [6, 6.07) is 5.94. The predicted molar refractivity (Wildman–Crippen MR) is 116 cm³/mol. The number of benzene rings is 1. The molecule has 1 aliphatic heterocycles. The number of ether oxygens (including phenoxy) is 2. The number of nitrogens with zero attached hydrogens (tertiary/aromatic N) is 1. The molecule has 1 aliphatic rings. The van der Waals surface area contributed by atoms with Crippen LogP contribution >= 0.6 is 0 Å². The number of hydrogen-bond acceptors (Lipinski definition) is 5. The summed E-state index contributed by atoms with van der Waals surface area (Å²) in [6.45, 7) is 2.36. The lowest BCUT2D eigenvalue weighted by atomic mass is 9.91. The van der Waals surface area contributed by atoms with Crippen LogP contribution in [0.15, 0.2) is 36.7 Å². The summed E-state index contributed by atoms with van der Waals surface area (Å²) >= 11 is 0. The number of para-hydroxylation sites is 1. The Morgan fingerprint density at radius 3 is 2.78 bits per heavy atom. The number of halogens is 2. The molecule has 0 radical (unpaired) electrons. The fraction of sp³-hybridized carbons (Fsp3) is 0.304. The summed E-state index contributed by atoms with van der Waals surface area (Å²) in [5.41, 5.74) is 2.27. The van der Waals surface area contributed by atoms with Gasteiger partial charge in [-0.25, -0.2) is 8.78 Å². The van der Waals surface area contributed by atoms with Crippen molar-refractivity contribution in [2.75, 3.05) is 26.1 Å². The fourth-order valence-electron chi connectivity index (χ4n) is 4.02. The van der Waals surface area contributed by atoms with E-state index in [1.54, 1.807) is 13.2 Å². The number of methoxy groups -OCH3 is 2. The standard InChI is InChI=1S/C23H24F2N4O3/c1-12(31-2)9-13-10-27-23(30)18-19(13)29-20(14-7-8-26-11-16(14)25)21(18)28-17-6-4-5-15(24)22(17)32-3/h4-8,11-13,28-29H,9-10H2,1-3H3,(H,27,30)/t12-,13-/m1/s1. The monoisotopic (exact) mass is 442 g/mol. The van der Waals surface area contributed by atoms with E-state index in [9.17, 15) is 13.6 Å². The summed E-state index contributed by atoms with van der Waals surface area (Å²) < 4.78 is 39.6. The van der Waals surface area contributed by atoms with Gasteiger partial charge >= 0.3 is 0 Å². The van der Waals surface area contributed by atoms with Gasteiger partial charge in [-0.3, -0.25) is 9.78 Å². The van der Waals surface area contributed by atoms with Crippen LogP contribution in [0.3, 0.4) is 0 Å². The maximum absolute atomic E-state index is 14.7. The van der Waals surface area contributed by atoms with Crippen molar-refractivity contribution in [3.8, 4) is 17.0 Å². The number of aromatic amines is 1. The first-order valence-corrected chi connectivity index (χ1v) is 10.2. The van der Waals surface area contributed by atoms with Gasteiger partial charge in [-0.15, -0.1) is 0 Å². The first-order chi connectivity index (χ1) is 15.4. The van der Waals surface area contributed by atoms with Crippen molar-refractivity contribution in [3.05, 3.63) is 59.6 Å². The van der Waals surface area contributed by atoms with Gasteiger partial charge in [0.25, 0.3) is 5.91 Å². The van der Waals surface area contributed by atoms with Crippen LogP contribution in [0, 0.1) is 11.6 Å². The highest BCUT2D eigenvalue weighted by molar-refractivity contribution is 6.06. The van der Waals surface area contributed by atoms with Crippen LogP contribution < -0.4 is 15.4 Å². The molecule has 3 aromatic rings. The third kappa shape index (κ3) is 3.91. The number of H-pyrrole nitrogens is 1. The van der Waals surface area contributed by atoms with Gasteiger partial charge in [-0.1, -0.05) is 6.07 Å². The van der Waals surface area contributed by atoms with Gasteiger partial charge in [-0.05, 0) is 31.5 Å². The van der Waals surface area contributed by atoms with Crippen LogP contribution in [0.2, 0.25) is 0 Å². The number of anilines is 2. The Balaban J connectivity index is 1.91. The first-order valence-electron chi connectivity index (χ1n) is 10.2. The molecule has 7 nitrogen and oxygen atoms in total. The molecule has 0 aliphatic carbocycles. The molecule has 32 heavy (non-hydrogen) atoms. The number of carbonyl (C=O) groups excluding carboxylic acids is 1. The summed E-state index contributed by atoms with van der Waals surface area (Å²) in [4.78, 5) is 20.0. The summed E-state index contributed by atoms with van der Waals surface area (Å²) in [5, 5.41) is 6.01. The Bertz CT molecular complexity index is 1150. The second-order valence-electron chi connectivity index (χ2n) is 7.65. The van der Waals surface area contributed by atoms with E-state index in [1.807, 2.05) is 6.92 Å². The van der Waals surface area contributed by atoms with Gasteiger partial charge in [0.15, 0.2) is 17.4 Å². The second kappa shape index (κ2) is 8.96. The number of amides is 1. The smallest absolute Gasteiger partial charge is 0.255 e. The van der Waals surface area contributed by atoms with Gasteiger partial charge in [0.1, 0.15) is 0 Å². The van der Waals surface area contributed by atoms with E-state index in [0.29, 0.717) is 41.3 Å². The Morgan fingerprint density at radius 2 is 2.06 bits per heavy atom. The molecule has 2 aromatic heterocycles. The van der Waals surface area contributed by atoms with Crippen LogP contribution in [0.5, 0.6) is 5.75 Å². The summed E-state index contributed by atoms with van der Waals surface area (Å²) in [5.74, 6) is -1.51. The van der Waals surface area contributed by atoms with E-state index in [1.165, 1.54) is 31.5 Å². The average molecular weight is 442 g/mol. The number of fused-ring (bicyclic) bond motifs is 1. The van der Waals surface area contributed by atoms with E-state index >= 15 is 0 Å². The van der Waals surface area contributed by atoms with E-state index in [0.717, 1.165) is 6.20 Å². The number of pyridine rings is 1. The molecule has 0 spiro atoms. The van der Waals surface area contributed by atoms with Crippen molar-refractivity contribution in [2.45, 2.75) is 25.4 Å². The third-order valence-electron chi connectivity index (χ3n) is 5.66. The highest BCUT2D eigenvalue weighted by atomic mass is 19.1. The molecule has 9 heteroatoms. The van der Waals surface area contributed by atoms with E-state index in [2.05, 4.69) is 20.6 Å². The van der Waals surface area contributed by atoms with Crippen LogP contribution in [0.4, 0.5) is 20.2 Å². The van der Waals surface area contributed by atoms with Crippen LogP contribution in [-0.4, -0.2) is 42.7 Å².